The Labute approximate surface area is 95.0 Å². The summed E-state index contributed by atoms with van der Waals surface area (Å²) in [6, 6.07) is 8.66. The molecule has 0 saturated carbocycles. The molecule has 0 heterocycles. The topological polar surface area (TPSA) is 53.3 Å². The van der Waals surface area contributed by atoms with Gasteiger partial charge in [-0.2, -0.15) is 5.26 Å². The Balaban J connectivity index is 2.96. The first-order chi connectivity index (χ1) is 7.60. The van der Waals surface area contributed by atoms with Crippen LogP contribution in [0.15, 0.2) is 24.3 Å². The van der Waals surface area contributed by atoms with E-state index in [9.17, 15) is 4.79 Å². The summed E-state index contributed by atoms with van der Waals surface area (Å²) in [6.07, 6.45) is 0. The van der Waals surface area contributed by atoms with E-state index in [1.807, 2.05) is 0 Å². The highest BCUT2D eigenvalue weighted by Crippen LogP contribution is 2.21. The lowest BCUT2D eigenvalue weighted by Gasteiger charge is -2.21. The van der Waals surface area contributed by atoms with Crippen molar-refractivity contribution in [3.8, 4) is 11.8 Å². The first-order valence-corrected chi connectivity index (χ1v) is 4.87. The van der Waals surface area contributed by atoms with Crippen LogP contribution in [0.25, 0.3) is 0 Å². The third-order valence-electron chi connectivity index (χ3n) is 2.44. The van der Waals surface area contributed by atoms with Gasteiger partial charge < -0.3 is 9.64 Å². The lowest BCUT2D eigenvalue weighted by atomic mass is 10.1. The molecule has 4 nitrogen and oxygen atoms in total. The van der Waals surface area contributed by atoms with E-state index in [1.165, 1.54) is 11.8 Å². The number of amides is 1. The molecule has 0 aliphatic heterocycles. The van der Waals surface area contributed by atoms with E-state index in [0.717, 1.165) is 11.3 Å². The fourth-order valence-electron chi connectivity index (χ4n) is 1.35. The first-order valence-electron chi connectivity index (χ1n) is 4.87. The summed E-state index contributed by atoms with van der Waals surface area (Å²) >= 11 is 0. The quantitative estimate of drug-likeness (QED) is 0.776. The van der Waals surface area contributed by atoms with Gasteiger partial charge in [0.2, 0.25) is 5.91 Å². The van der Waals surface area contributed by atoms with Gasteiger partial charge in [-0.1, -0.05) is 12.1 Å². The lowest BCUT2D eigenvalue weighted by Crippen LogP contribution is -2.28. The molecule has 0 bridgehead atoms. The van der Waals surface area contributed by atoms with E-state index in [2.05, 4.69) is 6.07 Å². The maximum absolute atomic E-state index is 11.2. The summed E-state index contributed by atoms with van der Waals surface area (Å²) in [5.41, 5.74) is 0.779. The van der Waals surface area contributed by atoms with Crippen LogP contribution in [-0.4, -0.2) is 25.0 Å². The number of hydrogen-bond acceptors (Lipinski definition) is 3. The molecule has 1 unspecified atom stereocenters. The van der Waals surface area contributed by atoms with Crippen LogP contribution in [0.3, 0.4) is 0 Å². The SMILES string of the molecule is COc1ccc(C(C#N)N(C)C(C)=O)cc1. The van der Waals surface area contributed by atoms with Crippen molar-refractivity contribution in [2.45, 2.75) is 13.0 Å². The van der Waals surface area contributed by atoms with Crippen molar-refractivity contribution in [3.63, 3.8) is 0 Å². The maximum Gasteiger partial charge on any atom is 0.220 e. The molecule has 84 valence electrons. The van der Waals surface area contributed by atoms with Gasteiger partial charge in [-0.25, -0.2) is 0 Å². The zero-order chi connectivity index (χ0) is 12.1. The summed E-state index contributed by atoms with van der Waals surface area (Å²) in [5, 5.41) is 9.05. The molecule has 0 N–H and O–H groups in total. The number of hydrogen-bond donors (Lipinski definition) is 0. The van der Waals surface area contributed by atoms with Crippen molar-refractivity contribution in [2.75, 3.05) is 14.2 Å². The van der Waals surface area contributed by atoms with E-state index in [1.54, 1.807) is 38.4 Å². The summed E-state index contributed by atoms with van der Waals surface area (Å²) in [7, 11) is 3.19. The average Bonchev–Trinajstić information content (AvgIpc) is 2.30. The summed E-state index contributed by atoms with van der Waals surface area (Å²) in [5.74, 6) is 0.591. The largest absolute Gasteiger partial charge is 0.497 e. The number of methoxy groups -OCH3 is 1. The highest BCUT2D eigenvalue weighted by Gasteiger charge is 2.18. The normalized spacial score (nSPS) is 11.4. The minimum atomic E-state index is -0.552. The molecule has 0 aliphatic rings. The van der Waals surface area contributed by atoms with Crippen LogP contribution in [0.2, 0.25) is 0 Å². The van der Waals surface area contributed by atoms with E-state index >= 15 is 0 Å². The number of nitriles is 1. The molecule has 0 aliphatic carbocycles. The molecule has 0 saturated heterocycles. The van der Waals surface area contributed by atoms with Crippen LogP contribution in [0.4, 0.5) is 0 Å². The highest BCUT2D eigenvalue weighted by molar-refractivity contribution is 5.73. The van der Waals surface area contributed by atoms with Crippen molar-refractivity contribution in [1.29, 1.82) is 5.26 Å². The Bertz CT molecular complexity index is 406. The molecule has 0 radical (unpaired) electrons. The van der Waals surface area contributed by atoms with Gasteiger partial charge in [-0.3, -0.25) is 4.79 Å². The van der Waals surface area contributed by atoms with Crippen LogP contribution in [0.1, 0.15) is 18.5 Å². The third kappa shape index (κ3) is 2.51. The average molecular weight is 218 g/mol. The molecular formula is C12H14N2O2. The molecule has 0 aromatic heterocycles. The van der Waals surface area contributed by atoms with Crippen molar-refractivity contribution in [2.24, 2.45) is 0 Å². The van der Waals surface area contributed by atoms with Crippen molar-refractivity contribution < 1.29 is 9.53 Å². The van der Waals surface area contributed by atoms with E-state index in [0.29, 0.717) is 0 Å². The number of ether oxygens (including phenoxy) is 1. The van der Waals surface area contributed by atoms with Gasteiger partial charge in [-0.05, 0) is 17.7 Å². The van der Waals surface area contributed by atoms with Crippen LogP contribution in [0.5, 0.6) is 5.75 Å². The standard InChI is InChI=1S/C12H14N2O2/c1-9(15)14(2)12(8-13)10-4-6-11(16-3)7-5-10/h4-7,12H,1-3H3. The Morgan fingerprint density at radius 3 is 2.38 bits per heavy atom. The second kappa shape index (κ2) is 5.17. The molecule has 4 heteroatoms. The van der Waals surface area contributed by atoms with Crippen molar-refractivity contribution in [3.05, 3.63) is 29.8 Å². The molecule has 1 aromatic rings. The van der Waals surface area contributed by atoms with Gasteiger partial charge in [0.15, 0.2) is 0 Å². The zero-order valence-corrected chi connectivity index (χ0v) is 9.60. The number of carbonyl (C=O) groups excluding carboxylic acids is 1. The van der Waals surface area contributed by atoms with Crippen molar-refractivity contribution in [1.82, 2.24) is 4.90 Å². The van der Waals surface area contributed by atoms with Gasteiger partial charge in [0, 0.05) is 14.0 Å². The second-order valence-electron chi connectivity index (χ2n) is 3.43. The minimum absolute atomic E-state index is 0.137. The van der Waals surface area contributed by atoms with Crippen LogP contribution in [0, 0.1) is 11.3 Å². The Morgan fingerprint density at radius 1 is 1.44 bits per heavy atom. The molecular weight excluding hydrogens is 204 g/mol. The molecule has 0 spiro atoms. The molecule has 1 aromatic carbocycles. The highest BCUT2D eigenvalue weighted by atomic mass is 16.5. The lowest BCUT2D eigenvalue weighted by molar-refractivity contribution is -0.128. The molecule has 1 rings (SSSR count). The van der Waals surface area contributed by atoms with Crippen molar-refractivity contribution >= 4 is 5.91 Å². The van der Waals surface area contributed by atoms with Gasteiger partial charge in [0.1, 0.15) is 11.8 Å². The van der Waals surface area contributed by atoms with E-state index < -0.39 is 6.04 Å². The van der Waals surface area contributed by atoms with E-state index in [-0.39, 0.29) is 5.91 Å². The van der Waals surface area contributed by atoms with Gasteiger partial charge in [0.05, 0.1) is 13.2 Å². The van der Waals surface area contributed by atoms with Crippen LogP contribution in [-0.2, 0) is 4.79 Å². The van der Waals surface area contributed by atoms with Crippen LogP contribution < -0.4 is 4.74 Å². The number of nitrogens with zero attached hydrogens (tertiary/aromatic N) is 2. The predicted molar refractivity (Wildman–Crippen MR) is 59.8 cm³/mol. The molecule has 0 fully saturated rings. The summed E-state index contributed by atoms with van der Waals surface area (Å²) in [6.45, 7) is 1.44. The number of rotatable bonds is 3. The first kappa shape index (κ1) is 12.1. The second-order valence-corrected chi connectivity index (χ2v) is 3.43. The molecule has 1 atom stereocenters. The van der Waals surface area contributed by atoms with E-state index in [4.69, 9.17) is 10.00 Å². The molecule has 16 heavy (non-hydrogen) atoms. The third-order valence-corrected chi connectivity index (χ3v) is 2.44. The molecule has 1 amide bonds. The number of carbonyl (C=O) groups is 1. The fraction of sp³-hybridized carbons (Fsp3) is 0.333. The minimum Gasteiger partial charge on any atom is -0.497 e. The van der Waals surface area contributed by atoms with Gasteiger partial charge in [-0.15, -0.1) is 0 Å². The van der Waals surface area contributed by atoms with Gasteiger partial charge in [0.25, 0.3) is 0 Å². The maximum atomic E-state index is 11.2. The monoisotopic (exact) mass is 218 g/mol. The van der Waals surface area contributed by atoms with Crippen LogP contribution >= 0.6 is 0 Å². The van der Waals surface area contributed by atoms with Gasteiger partial charge >= 0.3 is 0 Å². The summed E-state index contributed by atoms with van der Waals surface area (Å²) < 4.78 is 5.03. The predicted octanol–water partition coefficient (Wildman–Crippen LogP) is 1.74. The summed E-state index contributed by atoms with van der Waals surface area (Å²) in [4.78, 5) is 12.6. The Hall–Kier alpha value is -2.02. The Morgan fingerprint density at radius 2 is 2.00 bits per heavy atom. The zero-order valence-electron chi connectivity index (χ0n) is 9.60. The fourth-order valence-corrected chi connectivity index (χ4v) is 1.35. The number of benzene rings is 1. The smallest absolute Gasteiger partial charge is 0.220 e. The Kier molecular flexibility index (Phi) is 3.90.